The van der Waals surface area contributed by atoms with Crippen LogP contribution in [0, 0.1) is 17.6 Å². The zero-order valence-electron chi connectivity index (χ0n) is 15.3. The van der Waals surface area contributed by atoms with E-state index in [0.29, 0.717) is 5.56 Å². The Bertz CT molecular complexity index is 898. The first-order valence-electron chi connectivity index (χ1n) is 9.10. The number of rotatable bonds is 8. The van der Waals surface area contributed by atoms with Gasteiger partial charge in [0.15, 0.2) is 5.78 Å². The van der Waals surface area contributed by atoms with Crippen LogP contribution in [0.5, 0.6) is 0 Å². The van der Waals surface area contributed by atoms with E-state index in [0.717, 1.165) is 25.0 Å². The van der Waals surface area contributed by atoms with Gasteiger partial charge in [-0.3, -0.25) is 9.59 Å². The minimum absolute atomic E-state index is 0.00435. The molecule has 1 fully saturated rings. The molecule has 1 aliphatic carbocycles. The topological polar surface area (TPSA) is 72.2 Å². The molecule has 0 aliphatic heterocycles. The predicted octanol–water partition coefficient (Wildman–Crippen LogP) is 4.15. The lowest BCUT2D eigenvalue weighted by atomic mass is 9.94. The van der Waals surface area contributed by atoms with Crippen molar-refractivity contribution in [2.75, 3.05) is 0 Å². The maximum atomic E-state index is 15.4. The second kappa shape index (κ2) is 8.37. The Morgan fingerprint density at radius 1 is 1.18 bits per heavy atom. The number of benzene rings is 2. The van der Waals surface area contributed by atoms with Gasteiger partial charge in [0.1, 0.15) is 11.6 Å². The van der Waals surface area contributed by atoms with E-state index < -0.39 is 23.3 Å². The van der Waals surface area contributed by atoms with Crippen molar-refractivity contribution in [2.45, 2.75) is 38.3 Å². The first-order valence-corrected chi connectivity index (χ1v) is 9.48. The summed E-state index contributed by atoms with van der Waals surface area (Å²) in [7, 11) is 0. The summed E-state index contributed by atoms with van der Waals surface area (Å²) in [6, 6.07) is 7.34. The van der Waals surface area contributed by atoms with Gasteiger partial charge in [-0.15, -0.1) is 0 Å². The molecule has 0 saturated heterocycles. The molecule has 0 unspecified atom stereocenters. The van der Waals surface area contributed by atoms with Crippen molar-refractivity contribution in [3.8, 4) is 0 Å². The molecule has 1 amide bonds. The average Bonchev–Trinajstić information content (AvgIpc) is 3.45. The monoisotopic (exact) mass is 406 g/mol. The van der Waals surface area contributed by atoms with Gasteiger partial charge in [-0.05, 0) is 56.0 Å². The Kier molecular flexibility index (Phi) is 6.10. The van der Waals surface area contributed by atoms with E-state index in [1.54, 1.807) is 13.0 Å². The maximum Gasteiger partial charge on any atom is 0.218 e. The highest BCUT2D eigenvalue weighted by Crippen LogP contribution is 2.43. The molecule has 3 rings (SSSR count). The molecule has 0 spiro atoms. The molecule has 2 aromatic rings. The van der Waals surface area contributed by atoms with E-state index in [1.807, 2.05) is 0 Å². The van der Waals surface area contributed by atoms with E-state index in [2.05, 4.69) is 5.32 Å². The molecule has 2 atom stereocenters. The van der Waals surface area contributed by atoms with Crippen LogP contribution in [0.15, 0.2) is 36.4 Å². The lowest BCUT2D eigenvalue weighted by Gasteiger charge is -2.24. The SMILES string of the molecule is C[C@H](CC(N)=O)N[C@@H](c1ccc(Cl)c(C(=O)c2ccc(F)cc2)c1F)C1CC1. The molecule has 1 aliphatic rings. The molecule has 7 heteroatoms. The average molecular weight is 407 g/mol. The summed E-state index contributed by atoms with van der Waals surface area (Å²) in [5.41, 5.74) is 5.49. The minimum atomic E-state index is -0.697. The quantitative estimate of drug-likeness (QED) is 0.647. The third kappa shape index (κ3) is 4.56. The van der Waals surface area contributed by atoms with Crippen LogP contribution >= 0.6 is 11.6 Å². The molecule has 1 saturated carbocycles. The first kappa shape index (κ1) is 20.4. The molecule has 3 N–H and O–H groups in total. The van der Waals surface area contributed by atoms with Gasteiger partial charge in [-0.1, -0.05) is 17.7 Å². The molecule has 28 heavy (non-hydrogen) atoms. The number of halogens is 3. The predicted molar refractivity (Wildman–Crippen MR) is 103 cm³/mol. The van der Waals surface area contributed by atoms with Crippen molar-refractivity contribution in [3.63, 3.8) is 0 Å². The van der Waals surface area contributed by atoms with E-state index in [1.165, 1.54) is 18.2 Å². The van der Waals surface area contributed by atoms with Crippen molar-refractivity contribution in [1.82, 2.24) is 5.32 Å². The number of hydrogen-bond donors (Lipinski definition) is 2. The lowest BCUT2D eigenvalue weighted by Crippen LogP contribution is -2.35. The Morgan fingerprint density at radius 2 is 1.82 bits per heavy atom. The van der Waals surface area contributed by atoms with Crippen LogP contribution in [0.4, 0.5) is 8.78 Å². The molecule has 4 nitrogen and oxygen atoms in total. The largest absolute Gasteiger partial charge is 0.370 e. The van der Waals surface area contributed by atoms with Gasteiger partial charge < -0.3 is 11.1 Å². The van der Waals surface area contributed by atoms with Crippen LogP contribution in [-0.2, 0) is 4.79 Å². The summed E-state index contributed by atoms with van der Waals surface area (Å²) in [4.78, 5) is 24.0. The van der Waals surface area contributed by atoms with Crippen LogP contribution in [0.3, 0.4) is 0 Å². The number of primary amides is 1. The van der Waals surface area contributed by atoms with Gasteiger partial charge in [0, 0.05) is 29.6 Å². The highest BCUT2D eigenvalue weighted by atomic mass is 35.5. The molecule has 148 valence electrons. The van der Waals surface area contributed by atoms with E-state index in [9.17, 15) is 14.0 Å². The number of amides is 1. The highest BCUT2D eigenvalue weighted by Gasteiger charge is 2.36. The summed E-state index contributed by atoms with van der Waals surface area (Å²) in [5, 5.41) is 3.25. The van der Waals surface area contributed by atoms with Crippen molar-refractivity contribution in [1.29, 1.82) is 0 Å². The van der Waals surface area contributed by atoms with Gasteiger partial charge in [0.2, 0.25) is 5.91 Å². The smallest absolute Gasteiger partial charge is 0.218 e. The Labute approximate surface area is 167 Å². The summed E-state index contributed by atoms with van der Waals surface area (Å²) in [5.74, 6) is -2.03. The lowest BCUT2D eigenvalue weighted by molar-refractivity contribution is -0.118. The molecule has 2 aromatic carbocycles. The number of ketones is 1. The summed E-state index contributed by atoms with van der Waals surface area (Å²) in [6.07, 6.45) is 1.97. The Hall–Kier alpha value is -2.31. The molecular weight excluding hydrogens is 386 g/mol. The second-order valence-electron chi connectivity index (χ2n) is 7.21. The number of carbonyl (C=O) groups is 2. The Balaban J connectivity index is 1.95. The summed E-state index contributed by atoms with van der Waals surface area (Å²) < 4.78 is 28.5. The second-order valence-corrected chi connectivity index (χ2v) is 7.62. The standard InChI is InChI=1S/C21H21ClF2N2O2/c1-11(10-17(25)27)26-20(12-2-3-12)15-8-9-16(22)18(19(15)24)21(28)13-4-6-14(23)7-5-13/h4-9,11-12,20,26H,2-3,10H2,1H3,(H2,25,27)/t11-,20-/m1/s1. The zero-order valence-corrected chi connectivity index (χ0v) is 16.1. The molecule has 0 aromatic heterocycles. The molecule has 0 bridgehead atoms. The number of carbonyl (C=O) groups excluding carboxylic acids is 2. The van der Waals surface area contributed by atoms with E-state index >= 15 is 4.39 Å². The van der Waals surface area contributed by atoms with Crippen molar-refractivity contribution >= 4 is 23.3 Å². The molecule has 0 heterocycles. The number of nitrogens with two attached hydrogens (primary N) is 1. The van der Waals surface area contributed by atoms with E-state index in [4.69, 9.17) is 17.3 Å². The van der Waals surface area contributed by atoms with Gasteiger partial charge in [0.25, 0.3) is 0 Å². The number of hydrogen-bond acceptors (Lipinski definition) is 3. The van der Waals surface area contributed by atoms with Gasteiger partial charge >= 0.3 is 0 Å². The van der Waals surface area contributed by atoms with Crippen LogP contribution in [-0.4, -0.2) is 17.7 Å². The summed E-state index contributed by atoms with van der Waals surface area (Å²) in [6.45, 7) is 1.80. The third-order valence-electron chi connectivity index (χ3n) is 4.85. The Morgan fingerprint density at radius 3 is 2.39 bits per heavy atom. The van der Waals surface area contributed by atoms with Crippen LogP contribution in [0.1, 0.15) is 53.7 Å². The highest BCUT2D eigenvalue weighted by molar-refractivity contribution is 6.35. The summed E-state index contributed by atoms with van der Waals surface area (Å²) >= 11 is 6.14. The fourth-order valence-electron chi connectivity index (χ4n) is 3.34. The fourth-order valence-corrected chi connectivity index (χ4v) is 3.57. The number of nitrogens with one attached hydrogen (secondary N) is 1. The van der Waals surface area contributed by atoms with Crippen LogP contribution < -0.4 is 11.1 Å². The molecule has 0 radical (unpaired) electrons. The van der Waals surface area contributed by atoms with Crippen molar-refractivity contribution in [3.05, 3.63) is 69.7 Å². The van der Waals surface area contributed by atoms with Gasteiger partial charge in [-0.25, -0.2) is 8.78 Å². The normalized spacial score (nSPS) is 15.9. The van der Waals surface area contributed by atoms with Crippen molar-refractivity contribution < 1.29 is 18.4 Å². The third-order valence-corrected chi connectivity index (χ3v) is 5.17. The zero-order chi connectivity index (χ0) is 20.4. The maximum absolute atomic E-state index is 15.4. The minimum Gasteiger partial charge on any atom is -0.370 e. The first-order chi connectivity index (χ1) is 13.3. The van der Waals surface area contributed by atoms with E-state index in [-0.39, 0.29) is 40.6 Å². The van der Waals surface area contributed by atoms with Crippen molar-refractivity contribution in [2.24, 2.45) is 11.7 Å². The fraction of sp³-hybridized carbons (Fsp3) is 0.333. The van der Waals surface area contributed by atoms with Crippen LogP contribution in [0.2, 0.25) is 5.02 Å². The van der Waals surface area contributed by atoms with Gasteiger partial charge in [-0.2, -0.15) is 0 Å². The van der Waals surface area contributed by atoms with Gasteiger partial charge in [0.05, 0.1) is 10.6 Å². The van der Waals surface area contributed by atoms with Crippen LogP contribution in [0.25, 0.3) is 0 Å². The molecular formula is C21H21ClF2N2O2.